The molecule has 1 aliphatic rings. The molecule has 1 aromatic rings. The van der Waals surface area contributed by atoms with Crippen molar-refractivity contribution >= 4 is 5.69 Å². The van der Waals surface area contributed by atoms with Gasteiger partial charge in [-0.25, -0.2) is 0 Å². The van der Waals surface area contributed by atoms with E-state index in [-0.39, 0.29) is 5.56 Å². The van der Waals surface area contributed by atoms with Crippen LogP contribution in [-0.4, -0.2) is 31.4 Å². The zero-order chi connectivity index (χ0) is 15.0. The molecule has 0 bridgehead atoms. The minimum absolute atomic E-state index is 0.258. The molecular weight excluding hydrogens is 271 g/mol. The standard InChI is InChI=1S/C14H18F3NO2/c1-13(2,19)10-7-11(14(15,16)17)9-12(8-10)18-3-5-20-6-4-18/h7-9,19H,3-6H2,1-2H3. The average molecular weight is 289 g/mol. The number of nitrogens with zero attached hydrogens (tertiary/aromatic N) is 1. The summed E-state index contributed by atoms with van der Waals surface area (Å²) < 4.78 is 44.1. The van der Waals surface area contributed by atoms with Gasteiger partial charge in [0.25, 0.3) is 0 Å². The molecule has 0 amide bonds. The summed E-state index contributed by atoms with van der Waals surface area (Å²) in [5, 5.41) is 9.99. The summed E-state index contributed by atoms with van der Waals surface area (Å²) >= 11 is 0. The second-order valence-corrected chi connectivity index (χ2v) is 5.42. The van der Waals surface area contributed by atoms with Crippen LogP contribution < -0.4 is 4.90 Å². The predicted octanol–water partition coefficient (Wildman–Crippen LogP) is 2.77. The lowest BCUT2D eigenvalue weighted by atomic mass is 9.95. The molecule has 0 aromatic heterocycles. The summed E-state index contributed by atoms with van der Waals surface area (Å²) in [6, 6.07) is 3.74. The number of morpholine rings is 1. The van der Waals surface area contributed by atoms with Crippen molar-refractivity contribution in [2.24, 2.45) is 0 Å². The van der Waals surface area contributed by atoms with Crippen LogP contribution in [0.1, 0.15) is 25.0 Å². The summed E-state index contributed by atoms with van der Waals surface area (Å²) in [5.41, 5.74) is -1.32. The molecule has 0 radical (unpaired) electrons. The fraction of sp³-hybridized carbons (Fsp3) is 0.571. The predicted molar refractivity (Wildman–Crippen MR) is 69.7 cm³/mol. The Morgan fingerprint density at radius 2 is 1.60 bits per heavy atom. The molecule has 1 heterocycles. The van der Waals surface area contributed by atoms with Gasteiger partial charge in [-0.05, 0) is 37.6 Å². The molecule has 6 heteroatoms. The number of alkyl halides is 3. The van der Waals surface area contributed by atoms with Crippen LogP contribution in [0.2, 0.25) is 0 Å². The number of benzene rings is 1. The van der Waals surface area contributed by atoms with Crippen molar-refractivity contribution < 1.29 is 23.0 Å². The van der Waals surface area contributed by atoms with E-state index in [1.54, 1.807) is 6.07 Å². The van der Waals surface area contributed by atoms with Crippen molar-refractivity contribution in [3.05, 3.63) is 29.3 Å². The smallest absolute Gasteiger partial charge is 0.386 e. The van der Waals surface area contributed by atoms with Crippen molar-refractivity contribution in [1.29, 1.82) is 0 Å². The van der Waals surface area contributed by atoms with E-state index < -0.39 is 17.3 Å². The normalized spacial score (nSPS) is 17.4. The van der Waals surface area contributed by atoms with E-state index in [2.05, 4.69) is 0 Å². The van der Waals surface area contributed by atoms with E-state index in [9.17, 15) is 18.3 Å². The van der Waals surface area contributed by atoms with Crippen LogP contribution in [0.3, 0.4) is 0 Å². The molecule has 1 aromatic carbocycles. The lowest BCUT2D eigenvalue weighted by molar-refractivity contribution is -0.137. The van der Waals surface area contributed by atoms with Crippen molar-refractivity contribution in [3.8, 4) is 0 Å². The van der Waals surface area contributed by atoms with Crippen molar-refractivity contribution in [1.82, 2.24) is 0 Å². The summed E-state index contributed by atoms with van der Waals surface area (Å²) in [4.78, 5) is 1.84. The number of aliphatic hydroxyl groups is 1. The first-order valence-electron chi connectivity index (χ1n) is 6.46. The van der Waals surface area contributed by atoms with Gasteiger partial charge in [-0.15, -0.1) is 0 Å². The Bertz CT molecular complexity index is 442. The van der Waals surface area contributed by atoms with Gasteiger partial charge >= 0.3 is 6.18 Å². The third-order valence-electron chi connectivity index (χ3n) is 3.33. The Morgan fingerprint density at radius 3 is 2.10 bits per heavy atom. The Labute approximate surface area is 116 Å². The number of ether oxygens (including phenoxy) is 1. The zero-order valence-electron chi connectivity index (χ0n) is 11.5. The minimum atomic E-state index is -4.43. The third kappa shape index (κ3) is 3.43. The molecule has 1 N–H and O–H groups in total. The molecule has 3 nitrogen and oxygen atoms in total. The van der Waals surface area contributed by atoms with Crippen LogP contribution >= 0.6 is 0 Å². The van der Waals surface area contributed by atoms with Crippen LogP contribution in [-0.2, 0) is 16.5 Å². The Hall–Kier alpha value is -1.27. The van der Waals surface area contributed by atoms with Gasteiger partial charge in [0, 0.05) is 18.8 Å². The molecule has 2 rings (SSSR count). The molecule has 0 aliphatic carbocycles. The molecule has 1 aliphatic heterocycles. The number of halogens is 3. The summed E-state index contributed by atoms with van der Waals surface area (Å²) in [6.07, 6.45) is -4.43. The number of rotatable bonds is 2. The molecule has 0 unspecified atom stereocenters. The first-order valence-corrected chi connectivity index (χ1v) is 6.46. The second-order valence-electron chi connectivity index (χ2n) is 5.42. The van der Waals surface area contributed by atoms with E-state index in [0.717, 1.165) is 12.1 Å². The van der Waals surface area contributed by atoms with E-state index in [1.807, 2.05) is 4.90 Å². The maximum atomic E-state index is 13.0. The highest BCUT2D eigenvalue weighted by Crippen LogP contribution is 2.35. The zero-order valence-corrected chi connectivity index (χ0v) is 11.5. The monoisotopic (exact) mass is 289 g/mol. The lowest BCUT2D eigenvalue weighted by Crippen LogP contribution is -2.36. The molecular formula is C14H18F3NO2. The molecule has 20 heavy (non-hydrogen) atoms. The number of anilines is 1. The van der Waals surface area contributed by atoms with Crippen molar-refractivity contribution in [2.75, 3.05) is 31.2 Å². The first kappa shape index (κ1) is 15.1. The maximum Gasteiger partial charge on any atom is 0.416 e. The number of hydrogen-bond acceptors (Lipinski definition) is 3. The van der Waals surface area contributed by atoms with Crippen molar-refractivity contribution in [2.45, 2.75) is 25.6 Å². The van der Waals surface area contributed by atoms with Crippen LogP contribution in [0.15, 0.2) is 18.2 Å². The summed E-state index contributed by atoms with van der Waals surface area (Å²) in [5.74, 6) is 0. The molecule has 0 saturated carbocycles. The summed E-state index contributed by atoms with van der Waals surface area (Å²) in [6.45, 7) is 5.04. The molecule has 0 spiro atoms. The lowest BCUT2D eigenvalue weighted by Gasteiger charge is -2.31. The van der Waals surface area contributed by atoms with Gasteiger partial charge in [0.1, 0.15) is 0 Å². The molecule has 112 valence electrons. The topological polar surface area (TPSA) is 32.7 Å². The first-order chi connectivity index (χ1) is 9.18. The van der Waals surface area contributed by atoms with E-state index >= 15 is 0 Å². The van der Waals surface area contributed by atoms with Crippen LogP contribution in [0.25, 0.3) is 0 Å². The Balaban J connectivity index is 2.45. The highest BCUT2D eigenvalue weighted by Gasteiger charge is 2.33. The Morgan fingerprint density at radius 1 is 1.05 bits per heavy atom. The number of hydrogen-bond donors (Lipinski definition) is 1. The van der Waals surface area contributed by atoms with Crippen LogP contribution in [0.4, 0.5) is 18.9 Å². The van der Waals surface area contributed by atoms with Crippen LogP contribution in [0, 0.1) is 0 Å². The minimum Gasteiger partial charge on any atom is -0.386 e. The highest BCUT2D eigenvalue weighted by atomic mass is 19.4. The SMILES string of the molecule is CC(C)(O)c1cc(N2CCOCC2)cc(C(F)(F)F)c1. The van der Waals surface area contributed by atoms with E-state index in [0.29, 0.717) is 32.0 Å². The van der Waals surface area contributed by atoms with E-state index in [4.69, 9.17) is 4.74 Å². The molecule has 1 fully saturated rings. The maximum absolute atomic E-state index is 13.0. The fourth-order valence-corrected chi connectivity index (χ4v) is 2.13. The van der Waals surface area contributed by atoms with E-state index in [1.165, 1.54) is 13.8 Å². The van der Waals surface area contributed by atoms with Crippen LogP contribution in [0.5, 0.6) is 0 Å². The second kappa shape index (κ2) is 5.26. The molecule has 0 atom stereocenters. The van der Waals surface area contributed by atoms with Gasteiger partial charge in [-0.3, -0.25) is 0 Å². The van der Waals surface area contributed by atoms with Gasteiger partial charge in [-0.1, -0.05) is 0 Å². The van der Waals surface area contributed by atoms with Crippen molar-refractivity contribution in [3.63, 3.8) is 0 Å². The average Bonchev–Trinajstić information content (AvgIpc) is 2.37. The van der Waals surface area contributed by atoms with Gasteiger partial charge < -0.3 is 14.7 Å². The quantitative estimate of drug-likeness (QED) is 0.908. The third-order valence-corrected chi connectivity index (χ3v) is 3.33. The largest absolute Gasteiger partial charge is 0.416 e. The van der Waals surface area contributed by atoms with Gasteiger partial charge in [0.15, 0.2) is 0 Å². The Kier molecular flexibility index (Phi) is 3.97. The molecule has 1 saturated heterocycles. The van der Waals surface area contributed by atoms with Gasteiger partial charge in [-0.2, -0.15) is 13.2 Å². The highest BCUT2D eigenvalue weighted by molar-refractivity contribution is 5.53. The summed E-state index contributed by atoms with van der Waals surface area (Å²) in [7, 11) is 0. The van der Waals surface area contributed by atoms with Gasteiger partial charge in [0.05, 0.1) is 24.4 Å². The fourth-order valence-electron chi connectivity index (χ4n) is 2.13. The van der Waals surface area contributed by atoms with Gasteiger partial charge in [0.2, 0.25) is 0 Å².